The summed E-state index contributed by atoms with van der Waals surface area (Å²) in [6.45, 7) is 6.29. The van der Waals surface area contributed by atoms with Crippen molar-refractivity contribution in [1.82, 2.24) is 0 Å². The Morgan fingerprint density at radius 3 is 2.81 bits per heavy atom. The zero-order chi connectivity index (χ0) is 19.1. The van der Waals surface area contributed by atoms with Gasteiger partial charge in [0, 0.05) is 0 Å². The van der Waals surface area contributed by atoms with Crippen LogP contribution < -0.4 is 10.5 Å². The number of carbonyl (C=O) groups excluding carboxylic acids is 1. The number of hydrogen-bond donors (Lipinski definition) is 1. The van der Waals surface area contributed by atoms with Crippen LogP contribution >= 0.6 is 0 Å². The van der Waals surface area contributed by atoms with Crippen molar-refractivity contribution in [2.75, 3.05) is 13.2 Å². The first-order valence-corrected chi connectivity index (χ1v) is 8.71. The standard InChI is InChI=1S/C20H24N2O4/c1-4-6-10-25-15-9-7-8-14(11-15)18-16(12-21)19(22)26-13(3)17(18)20(23)24-5-2/h7-9,11,18H,4-6,10,22H2,1-3H3. The van der Waals surface area contributed by atoms with Crippen LogP contribution in [-0.2, 0) is 14.3 Å². The highest BCUT2D eigenvalue weighted by Gasteiger charge is 2.36. The third-order valence-corrected chi connectivity index (χ3v) is 4.06. The van der Waals surface area contributed by atoms with Crippen molar-refractivity contribution in [2.24, 2.45) is 5.73 Å². The number of hydrogen-bond acceptors (Lipinski definition) is 6. The lowest BCUT2D eigenvalue weighted by Gasteiger charge is -2.27. The first-order chi connectivity index (χ1) is 12.5. The lowest BCUT2D eigenvalue weighted by atomic mass is 9.83. The van der Waals surface area contributed by atoms with Crippen molar-refractivity contribution >= 4 is 5.97 Å². The molecule has 1 aliphatic heterocycles. The molecule has 1 unspecified atom stereocenters. The summed E-state index contributed by atoms with van der Waals surface area (Å²) in [4.78, 5) is 12.5. The molecule has 1 heterocycles. The molecule has 26 heavy (non-hydrogen) atoms. The predicted molar refractivity (Wildman–Crippen MR) is 96.8 cm³/mol. The molecule has 0 fully saturated rings. The summed E-state index contributed by atoms with van der Waals surface area (Å²) in [6.07, 6.45) is 1.98. The first-order valence-electron chi connectivity index (χ1n) is 8.71. The third kappa shape index (κ3) is 4.17. The van der Waals surface area contributed by atoms with Crippen LogP contribution in [0.3, 0.4) is 0 Å². The van der Waals surface area contributed by atoms with Gasteiger partial charge in [0.2, 0.25) is 5.88 Å². The number of nitriles is 1. The Balaban J connectivity index is 2.46. The van der Waals surface area contributed by atoms with Crippen LogP contribution in [0.1, 0.15) is 45.1 Å². The maximum atomic E-state index is 12.5. The Kier molecular flexibility index (Phi) is 6.67. The highest BCUT2D eigenvalue weighted by molar-refractivity contribution is 5.92. The van der Waals surface area contributed by atoms with Crippen LogP contribution in [0.25, 0.3) is 0 Å². The van der Waals surface area contributed by atoms with Gasteiger partial charge in [0.25, 0.3) is 0 Å². The molecule has 1 aromatic carbocycles. The number of rotatable bonds is 7. The number of nitrogens with zero attached hydrogens (tertiary/aromatic N) is 1. The van der Waals surface area contributed by atoms with E-state index in [-0.39, 0.29) is 23.6 Å². The Labute approximate surface area is 153 Å². The van der Waals surface area contributed by atoms with Gasteiger partial charge in [-0.05, 0) is 38.0 Å². The Morgan fingerprint density at radius 2 is 2.15 bits per heavy atom. The topological polar surface area (TPSA) is 94.6 Å². The molecule has 0 amide bonds. The zero-order valence-corrected chi connectivity index (χ0v) is 15.4. The molecule has 2 N–H and O–H groups in total. The van der Waals surface area contributed by atoms with Gasteiger partial charge in [-0.15, -0.1) is 0 Å². The van der Waals surface area contributed by atoms with E-state index in [2.05, 4.69) is 13.0 Å². The molecular weight excluding hydrogens is 332 g/mol. The molecule has 1 aromatic rings. The van der Waals surface area contributed by atoms with E-state index in [9.17, 15) is 10.1 Å². The fourth-order valence-corrected chi connectivity index (χ4v) is 2.81. The SMILES string of the molecule is CCCCOc1cccc(C2C(C#N)=C(N)OC(C)=C2C(=O)OCC)c1. The van der Waals surface area contributed by atoms with Gasteiger partial charge in [0.05, 0.1) is 24.7 Å². The number of nitrogens with two attached hydrogens (primary N) is 1. The second kappa shape index (κ2) is 8.95. The van der Waals surface area contributed by atoms with E-state index in [4.69, 9.17) is 19.9 Å². The number of esters is 1. The second-order valence-electron chi connectivity index (χ2n) is 5.89. The smallest absolute Gasteiger partial charge is 0.338 e. The lowest BCUT2D eigenvalue weighted by molar-refractivity contribution is -0.139. The van der Waals surface area contributed by atoms with Crippen molar-refractivity contribution in [1.29, 1.82) is 5.26 Å². The molecule has 0 spiro atoms. The lowest BCUT2D eigenvalue weighted by Crippen LogP contribution is -2.25. The minimum atomic E-state index is -0.650. The molecule has 1 aliphatic rings. The summed E-state index contributed by atoms with van der Waals surface area (Å²) in [6, 6.07) is 9.40. The van der Waals surface area contributed by atoms with Crippen LogP contribution in [0.15, 0.2) is 47.1 Å². The molecule has 0 aromatic heterocycles. The average molecular weight is 356 g/mol. The average Bonchev–Trinajstić information content (AvgIpc) is 2.61. The second-order valence-corrected chi connectivity index (χ2v) is 5.89. The maximum absolute atomic E-state index is 12.5. The van der Waals surface area contributed by atoms with Gasteiger partial charge in [-0.25, -0.2) is 4.79 Å². The van der Waals surface area contributed by atoms with E-state index in [1.807, 2.05) is 24.3 Å². The number of unbranched alkanes of at least 4 members (excludes halogenated alkanes) is 1. The Hall–Kier alpha value is -2.94. The summed E-state index contributed by atoms with van der Waals surface area (Å²) >= 11 is 0. The van der Waals surface area contributed by atoms with Crippen LogP contribution in [0.5, 0.6) is 5.75 Å². The quantitative estimate of drug-likeness (QED) is 0.593. The van der Waals surface area contributed by atoms with Gasteiger partial charge in [0.15, 0.2) is 0 Å². The predicted octanol–water partition coefficient (Wildman–Crippen LogP) is 3.51. The molecular formula is C20H24N2O4. The summed E-state index contributed by atoms with van der Waals surface area (Å²) < 4.78 is 16.3. The van der Waals surface area contributed by atoms with Crippen molar-refractivity contribution in [3.8, 4) is 11.8 Å². The fourth-order valence-electron chi connectivity index (χ4n) is 2.81. The number of ether oxygens (including phenoxy) is 3. The minimum absolute atomic E-state index is 0.000327. The molecule has 0 bridgehead atoms. The summed E-state index contributed by atoms with van der Waals surface area (Å²) in [5.41, 5.74) is 7.09. The summed E-state index contributed by atoms with van der Waals surface area (Å²) in [5, 5.41) is 9.58. The van der Waals surface area contributed by atoms with Crippen molar-refractivity contribution in [2.45, 2.75) is 39.5 Å². The third-order valence-electron chi connectivity index (χ3n) is 4.06. The van der Waals surface area contributed by atoms with Gasteiger partial charge in [-0.1, -0.05) is 25.5 Å². The maximum Gasteiger partial charge on any atom is 0.338 e. The normalized spacial score (nSPS) is 16.8. The zero-order valence-electron chi connectivity index (χ0n) is 15.4. The molecule has 0 saturated carbocycles. The Bertz CT molecular complexity index is 774. The van der Waals surface area contributed by atoms with E-state index >= 15 is 0 Å². The van der Waals surface area contributed by atoms with Crippen molar-refractivity contribution in [3.05, 3.63) is 52.6 Å². The van der Waals surface area contributed by atoms with Crippen LogP contribution in [0, 0.1) is 11.3 Å². The van der Waals surface area contributed by atoms with Crippen LogP contribution in [-0.4, -0.2) is 19.2 Å². The molecule has 0 radical (unpaired) electrons. The van der Waals surface area contributed by atoms with E-state index < -0.39 is 11.9 Å². The highest BCUT2D eigenvalue weighted by Crippen LogP contribution is 2.40. The number of benzene rings is 1. The van der Waals surface area contributed by atoms with Gasteiger partial charge in [-0.3, -0.25) is 0 Å². The summed E-state index contributed by atoms with van der Waals surface area (Å²) in [5.74, 6) is -0.156. The van der Waals surface area contributed by atoms with Crippen molar-refractivity contribution < 1.29 is 19.0 Å². The Morgan fingerprint density at radius 1 is 1.38 bits per heavy atom. The summed E-state index contributed by atoms with van der Waals surface area (Å²) in [7, 11) is 0. The fraction of sp³-hybridized carbons (Fsp3) is 0.400. The van der Waals surface area contributed by atoms with E-state index in [0.29, 0.717) is 18.1 Å². The molecule has 6 nitrogen and oxygen atoms in total. The molecule has 2 rings (SSSR count). The monoisotopic (exact) mass is 356 g/mol. The molecule has 1 atom stereocenters. The van der Waals surface area contributed by atoms with Crippen molar-refractivity contribution in [3.63, 3.8) is 0 Å². The number of carbonyl (C=O) groups is 1. The van der Waals surface area contributed by atoms with Gasteiger partial charge >= 0.3 is 5.97 Å². The minimum Gasteiger partial charge on any atom is -0.494 e. The van der Waals surface area contributed by atoms with Gasteiger partial charge in [-0.2, -0.15) is 5.26 Å². The highest BCUT2D eigenvalue weighted by atomic mass is 16.5. The largest absolute Gasteiger partial charge is 0.494 e. The molecule has 138 valence electrons. The van der Waals surface area contributed by atoms with E-state index in [1.54, 1.807) is 13.8 Å². The van der Waals surface area contributed by atoms with E-state index in [1.165, 1.54) is 0 Å². The van der Waals surface area contributed by atoms with Crippen LogP contribution in [0.2, 0.25) is 0 Å². The van der Waals surface area contributed by atoms with Gasteiger partial charge in [0.1, 0.15) is 23.2 Å². The molecule has 0 saturated heterocycles. The van der Waals surface area contributed by atoms with Crippen LogP contribution in [0.4, 0.5) is 0 Å². The first kappa shape index (κ1) is 19.4. The molecule has 6 heteroatoms. The van der Waals surface area contributed by atoms with E-state index in [0.717, 1.165) is 18.4 Å². The van der Waals surface area contributed by atoms with Gasteiger partial charge < -0.3 is 19.9 Å². The molecule has 0 aliphatic carbocycles. The number of allylic oxidation sites excluding steroid dienone is 2.